The van der Waals surface area contributed by atoms with Crippen LogP contribution in [-0.4, -0.2) is 30.8 Å². The summed E-state index contributed by atoms with van der Waals surface area (Å²) < 4.78 is 4.11. The highest BCUT2D eigenvalue weighted by molar-refractivity contribution is 5.12. The van der Waals surface area contributed by atoms with E-state index in [1.165, 1.54) is 24.2 Å². The molecule has 0 N–H and O–H groups in total. The molecular weight excluding hydrogens is 238 g/mol. The Hall–Kier alpha value is -1.62. The van der Waals surface area contributed by atoms with Gasteiger partial charge < -0.3 is 4.57 Å². The molecule has 2 aromatic heterocycles. The first-order valence-corrected chi connectivity index (χ1v) is 7.00. The molecular formula is C14H21N5. The Morgan fingerprint density at radius 3 is 3.05 bits per heavy atom. The van der Waals surface area contributed by atoms with Gasteiger partial charge in [-0.25, -0.2) is 4.98 Å². The van der Waals surface area contributed by atoms with Crippen molar-refractivity contribution in [3.05, 3.63) is 36.2 Å². The van der Waals surface area contributed by atoms with E-state index in [4.69, 9.17) is 0 Å². The summed E-state index contributed by atoms with van der Waals surface area (Å²) in [5.74, 6) is 1.17. The molecule has 1 aliphatic heterocycles. The quantitative estimate of drug-likeness (QED) is 0.842. The van der Waals surface area contributed by atoms with Gasteiger partial charge >= 0.3 is 0 Å². The van der Waals surface area contributed by atoms with E-state index in [9.17, 15) is 0 Å². The Bertz CT molecular complexity index is 542. The molecule has 1 aliphatic rings. The molecule has 0 radical (unpaired) electrons. The number of imidazole rings is 1. The van der Waals surface area contributed by atoms with Gasteiger partial charge in [0.25, 0.3) is 0 Å². The van der Waals surface area contributed by atoms with E-state index in [2.05, 4.69) is 38.9 Å². The minimum Gasteiger partial charge on any atom is -0.334 e. The van der Waals surface area contributed by atoms with Crippen molar-refractivity contribution < 1.29 is 0 Å². The van der Waals surface area contributed by atoms with Crippen LogP contribution in [0.2, 0.25) is 0 Å². The molecule has 0 bridgehead atoms. The van der Waals surface area contributed by atoms with E-state index < -0.39 is 0 Å². The Morgan fingerprint density at radius 1 is 1.42 bits per heavy atom. The zero-order valence-corrected chi connectivity index (χ0v) is 11.7. The van der Waals surface area contributed by atoms with Crippen LogP contribution in [0, 0.1) is 0 Å². The first-order chi connectivity index (χ1) is 9.28. The number of likely N-dealkylation sites (tertiary alicyclic amines) is 1. The van der Waals surface area contributed by atoms with Crippen LogP contribution in [0.25, 0.3) is 0 Å². The molecule has 1 saturated heterocycles. The van der Waals surface area contributed by atoms with Crippen LogP contribution in [0.3, 0.4) is 0 Å². The lowest BCUT2D eigenvalue weighted by Gasteiger charge is -2.23. The van der Waals surface area contributed by atoms with Crippen LogP contribution in [-0.2, 0) is 20.1 Å². The Morgan fingerprint density at radius 2 is 2.32 bits per heavy atom. The SMILES string of the molecule is CCn1ccnc1CN1CCCC1c1cnn(C)c1. The molecule has 0 aromatic carbocycles. The second-order valence-corrected chi connectivity index (χ2v) is 5.21. The van der Waals surface area contributed by atoms with E-state index >= 15 is 0 Å². The van der Waals surface area contributed by atoms with Crippen LogP contribution < -0.4 is 0 Å². The van der Waals surface area contributed by atoms with Gasteiger partial charge in [-0.15, -0.1) is 0 Å². The molecule has 2 aromatic rings. The molecule has 19 heavy (non-hydrogen) atoms. The van der Waals surface area contributed by atoms with Gasteiger partial charge in [0, 0.05) is 43.8 Å². The molecule has 1 atom stereocenters. The number of aryl methyl sites for hydroxylation is 2. The first kappa shape index (κ1) is 12.4. The lowest BCUT2D eigenvalue weighted by Crippen LogP contribution is -2.24. The van der Waals surface area contributed by atoms with Crippen LogP contribution in [0.5, 0.6) is 0 Å². The fourth-order valence-corrected chi connectivity index (χ4v) is 2.97. The molecule has 102 valence electrons. The van der Waals surface area contributed by atoms with Gasteiger partial charge in [0.15, 0.2) is 0 Å². The molecule has 5 nitrogen and oxygen atoms in total. The second kappa shape index (κ2) is 5.17. The molecule has 0 spiro atoms. The third-order valence-electron chi connectivity index (χ3n) is 3.96. The van der Waals surface area contributed by atoms with Crippen molar-refractivity contribution in [2.24, 2.45) is 7.05 Å². The van der Waals surface area contributed by atoms with Crippen LogP contribution >= 0.6 is 0 Å². The fraction of sp³-hybridized carbons (Fsp3) is 0.571. The summed E-state index contributed by atoms with van der Waals surface area (Å²) in [6.45, 7) is 5.23. The summed E-state index contributed by atoms with van der Waals surface area (Å²) in [7, 11) is 1.98. The van der Waals surface area contributed by atoms with E-state index in [-0.39, 0.29) is 0 Å². The van der Waals surface area contributed by atoms with E-state index in [0.29, 0.717) is 6.04 Å². The van der Waals surface area contributed by atoms with Gasteiger partial charge in [-0.2, -0.15) is 5.10 Å². The van der Waals surface area contributed by atoms with Crippen molar-refractivity contribution in [3.8, 4) is 0 Å². The van der Waals surface area contributed by atoms with Gasteiger partial charge in [-0.3, -0.25) is 9.58 Å². The van der Waals surface area contributed by atoms with Crippen molar-refractivity contribution in [2.45, 2.75) is 38.9 Å². The largest absolute Gasteiger partial charge is 0.334 e. The minimum atomic E-state index is 0.496. The number of aromatic nitrogens is 4. The summed E-state index contributed by atoms with van der Waals surface area (Å²) >= 11 is 0. The summed E-state index contributed by atoms with van der Waals surface area (Å²) in [5, 5.41) is 4.30. The average molecular weight is 259 g/mol. The third kappa shape index (κ3) is 2.42. The molecule has 1 unspecified atom stereocenters. The molecule has 0 saturated carbocycles. The second-order valence-electron chi connectivity index (χ2n) is 5.21. The molecule has 5 heteroatoms. The zero-order chi connectivity index (χ0) is 13.2. The standard InChI is InChI=1S/C14H21N5/c1-3-18-8-6-15-14(18)11-19-7-4-5-13(19)12-9-16-17(2)10-12/h6,8-10,13H,3-5,7,11H2,1-2H3. The average Bonchev–Trinajstić information content (AvgIpc) is 3.10. The monoisotopic (exact) mass is 259 g/mol. The first-order valence-electron chi connectivity index (χ1n) is 7.00. The predicted octanol–water partition coefficient (Wildman–Crippen LogP) is 1.97. The normalized spacial score (nSPS) is 20.2. The van der Waals surface area contributed by atoms with Gasteiger partial charge in [0.1, 0.15) is 5.82 Å². The highest BCUT2D eigenvalue weighted by Crippen LogP contribution is 2.32. The summed E-state index contributed by atoms with van der Waals surface area (Å²) in [6.07, 6.45) is 10.6. The van der Waals surface area contributed by atoms with Crippen molar-refractivity contribution in [1.82, 2.24) is 24.2 Å². The fourth-order valence-electron chi connectivity index (χ4n) is 2.97. The Kier molecular flexibility index (Phi) is 3.38. The maximum absolute atomic E-state index is 4.48. The smallest absolute Gasteiger partial charge is 0.122 e. The highest BCUT2D eigenvalue weighted by atomic mass is 15.3. The van der Waals surface area contributed by atoms with Gasteiger partial charge in [0.2, 0.25) is 0 Å². The predicted molar refractivity (Wildman–Crippen MR) is 73.5 cm³/mol. The minimum absolute atomic E-state index is 0.496. The molecule has 3 rings (SSSR count). The summed E-state index contributed by atoms with van der Waals surface area (Å²) in [5.41, 5.74) is 1.33. The van der Waals surface area contributed by atoms with Crippen LogP contribution in [0.15, 0.2) is 24.8 Å². The van der Waals surface area contributed by atoms with Gasteiger partial charge in [0.05, 0.1) is 12.7 Å². The number of nitrogens with zero attached hydrogens (tertiary/aromatic N) is 5. The van der Waals surface area contributed by atoms with E-state index in [1.54, 1.807) is 0 Å². The topological polar surface area (TPSA) is 38.9 Å². The van der Waals surface area contributed by atoms with Crippen LogP contribution in [0.4, 0.5) is 0 Å². The summed E-state index contributed by atoms with van der Waals surface area (Å²) in [4.78, 5) is 7.00. The third-order valence-corrected chi connectivity index (χ3v) is 3.96. The highest BCUT2D eigenvalue weighted by Gasteiger charge is 2.27. The van der Waals surface area contributed by atoms with E-state index in [0.717, 1.165) is 19.6 Å². The number of hydrogen-bond acceptors (Lipinski definition) is 3. The maximum Gasteiger partial charge on any atom is 0.122 e. The molecule has 1 fully saturated rings. The molecule has 3 heterocycles. The Labute approximate surface area is 113 Å². The maximum atomic E-state index is 4.48. The zero-order valence-electron chi connectivity index (χ0n) is 11.7. The van der Waals surface area contributed by atoms with Crippen molar-refractivity contribution in [1.29, 1.82) is 0 Å². The summed E-state index contributed by atoms with van der Waals surface area (Å²) in [6, 6.07) is 0.496. The van der Waals surface area contributed by atoms with Crippen molar-refractivity contribution in [2.75, 3.05) is 6.54 Å². The van der Waals surface area contributed by atoms with E-state index in [1.807, 2.05) is 24.1 Å². The van der Waals surface area contributed by atoms with Gasteiger partial charge in [-0.1, -0.05) is 0 Å². The molecule has 0 amide bonds. The van der Waals surface area contributed by atoms with Crippen molar-refractivity contribution in [3.63, 3.8) is 0 Å². The Balaban J connectivity index is 1.76. The number of hydrogen-bond donors (Lipinski definition) is 0. The lowest BCUT2D eigenvalue weighted by molar-refractivity contribution is 0.239. The molecule has 0 aliphatic carbocycles. The lowest BCUT2D eigenvalue weighted by atomic mass is 10.1. The van der Waals surface area contributed by atoms with Gasteiger partial charge in [-0.05, 0) is 26.3 Å². The van der Waals surface area contributed by atoms with Crippen molar-refractivity contribution >= 4 is 0 Å². The van der Waals surface area contributed by atoms with Crippen LogP contribution in [0.1, 0.15) is 37.2 Å². The number of rotatable bonds is 4.